The van der Waals surface area contributed by atoms with Gasteiger partial charge in [0, 0.05) is 6.42 Å². The standard InChI is InChI=1S/C18H17O4P/c19-23(20-16-10-4-1-5-11-16,21-17-12-6-2-7-13-17)22-18-14-8-3-9-15-18/h1-8,10-14H,9,15H2. The Balaban J connectivity index is 1.83. The van der Waals surface area contributed by atoms with E-state index >= 15 is 0 Å². The summed E-state index contributed by atoms with van der Waals surface area (Å²) in [5, 5.41) is 0. The van der Waals surface area contributed by atoms with Gasteiger partial charge in [-0.1, -0.05) is 48.6 Å². The molecular formula is C18H17O4P. The normalized spacial score (nSPS) is 14.0. The fourth-order valence-corrected chi connectivity index (χ4v) is 3.39. The molecule has 0 radical (unpaired) electrons. The van der Waals surface area contributed by atoms with Crippen molar-refractivity contribution in [1.29, 1.82) is 0 Å². The molecule has 4 nitrogen and oxygen atoms in total. The first-order valence-electron chi connectivity index (χ1n) is 7.38. The molecule has 0 heterocycles. The molecule has 0 aliphatic heterocycles. The third kappa shape index (κ3) is 4.51. The zero-order valence-corrected chi connectivity index (χ0v) is 13.4. The number of rotatable bonds is 6. The van der Waals surface area contributed by atoms with Gasteiger partial charge in [-0.2, -0.15) is 4.57 Å². The van der Waals surface area contributed by atoms with Crippen LogP contribution in [0.3, 0.4) is 0 Å². The predicted molar refractivity (Wildman–Crippen MR) is 89.3 cm³/mol. The lowest BCUT2D eigenvalue weighted by Gasteiger charge is -2.21. The quantitative estimate of drug-likeness (QED) is 0.657. The fraction of sp³-hybridized carbons (Fsp3) is 0.111. The Labute approximate surface area is 135 Å². The molecule has 2 aromatic rings. The Hall–Kier alpha value is -2.45. The predicted octanol–water partition coefficient (Wildman–Crippen LogP) is 5.50. The van der Waals surface area contributed by atoms with Crippen molar-refractivity contribution in [2.75, 3.05) is 0 Å². The monoisotopic (exact) mass is 328 g/mol. The molecule has 0 unspecified atom stereocenters. The number of para-hydroxylation sites is 2. The highest BCUT2D eigenvalue weighted by atomic mass is 31.2. The number of hydrogen-bond donors (Lipinski definition) is 0. The lowest BCUT2D eigenvalue weighted by Crippen LogP contribution is -2.06. The molecule has 23 heavy (non-hydrogen) atoms. The van der Waals surface area contributed by atoms with E-state index in [2.05, 4.69) is 0 Å². The van der Waals surface area contributed by atoms with E-state index in [-0.39, 0.29) is 0 Å². The Morgan fingerprint density at radius 2 is 1.35 bits per heavy atom. The highest BCUT2D eigenvalue weighted by Gasteiger charge is 2.33. The topological polar surface area (TPSA) is 44.8 Å². The van der Waals surface area contributed by atoms with Crippen LogP contribution in [-0.2, 0) is 9.09 Å². The van der Waals surface area contributed by atoms with Gasteiger partial charge in [-0.05, 0) is 36.8 Å². The van der Waals surface area contributed by atoms with Crippen molar-refractivity contribution in [3.8, 4) is 11.5 Å². The van der Waals surface area contributed by atoms with Gasteiger partial charge in [-0.15, -0.1) is 0 Å². The van der Waals surface area contributed by atoms with Crippen LogP contribution < -0.4 is 9.05 Å². The second-order valence-corrected chi connectivity index (χ2v) is 6.39. The van der Waals surface area contributed by atoms with Crippen LogP contribution in [0, 0.1) is 0 Å². The lowest BCUT2D eigenvalue weighted by atomic mass is 10.2. The summed E-state index contributed by atoms with van der Waals surface area (Å²) >= 11 is 0. The van der Waals surface area contributed by atoms with Crippen molar-refractivity contribution in [1.82, 2.24) is 0 Å². The van der Waals surface area contributed by atoms with Crippen molar-refractivity contribution in [2.24, 2.45) is 0 Å². The first-order chi connectivity index (χ1) is 11.2. The number of benzene rings is 2. The minimum atomic E-state index is -3.83. The fourth-order valence-electron chi connectivity index (χ4n) is 2.08. The number of phosphoric ester groups is 1. The van der Waals surface area contributed by atoms with Crippen molar-refractivity contribution < 1.29 is 18.1 Å². The maximum absolute atomic E-state index is 13.1. The van der Waals surface area contributed by atoms with Crippen molar-refractivity contribution >= 4 is 7.82 Å². The van der Waals surface area contributed by atoms with E-state index in [0.29, 0.717) is 23.7 Å². The summed E-state index contributed by atoms with van der Waals surface area (Å²) in [6.45, 7) is 0. The summed E-state index contributed by atoms with van der Waals surface area (Å²) < 4.78 is 29.8. The van der Waals surface area contributed by atoms with Crippen LogP contribution in [0.15, 0.2) is 84.7 Å². The summed E-state index contributed by atoms with van der Waals surface area (Å²) in [5.41, 5.74) is 0. The first kappa shape index (κ1) is 15.4. The van der Waals surface area contributed by atoms with Gasteiger partial charge in [0.1, 0.15) is 17.3 Å². The van der Waals surface area contributed by atoms with Crippen LogP contribution in [0.25, 0.3) is 0 Å². The average Bonchev–Trinajstić information content (AvgIpc) is 2.57. The minimum Gasteiger partial charge on any atom is -0.390 e. The van der Waals surface area contributed by atoms with E-state index in [9.17, 15) is 4.57 Å². The van der Waals surface area contributed by atoms with E-state index in [4.69, 9.17) is 13.6 Å². The number of hydrogen-bond acceptors (Lipinski definition) is 4. The third-order valence-electron chi connectivity index (χ3n) is 3.13. The van der Waals surface area contributed by atoms with E-state index in [1.165, 1.54) is 0 Å². The number of phosphoric acid groups is 1. The summed E-state index contributed by atoms with van der Waals surface area (Å²) in [6.07, 6.45) is 7.17. The molecule has 5 heteroatoms. The van der Waals surface area contributed by atoms with Crippen LogP contribution in [0.4, 0.5) is 0 Å². The van der Waals surface area contributed by atoms with Crippen molar-refractivity contribution in [2.45, 2.75) is 12.8 Å². The van der Waals surface area contributed by atoms with Gasteiger partial charge in [-0.25, -0.2) is 0 Å². The van der Waals surface area contributed by atoms with Crippen LogP contribution in [0.2, 0.25) is 0 Å². The maximum atomic E-state index is 13.1. The molecule has 0 N–H and O–H groups in total. The van der Waals surface area contributed by atoms with Gasteiger partial charge in [0.15, 0.2) is 0 Å². The van der Waals surface area contributed by atoms with Crippen LogP contribution in [-0.4, -0.2) is 0 Å². The number of allylic oxidation sites excluding steroid dienone is 4. The zero-order chi connectivity index (χ0) is 16.0. The smallest absolute Gasteiger partial charge is 0.390 e. The Kier molecular flexibility index (Phi) is 4.84. The van der Waals surface area contributed by atoms with Crippen LogP contribution >= 0.6 is 7.82 Å². The van der Waals surface area contributed by atoms with Gasteiger partial charge >= 0.3 is 7.82 Å². The van der Waals surface area contributed by atoms with Crippen molar-refractivity contribution in [3.05, 3.63) is 84.7 Å². The van der Waals surface area contributed by atoms with E-state index in [0.717, 1.165) is 6.42 Å². The Morgan fingerprint density at radius 3 is 1.83 bits per heavy atom. The molecule has 0 spiro atoms. The molecule has 0 amide bonds. The molecule has 0 atom stereocenters. The van der Waals surface area contributed by atoms with E-state index in [1.54, 1.807) is 54.6 Å². The molecule has 118 valence electrons. The molecule has 0 saturated heterocycles. The molecule has 0 fully saturated rings. The van der Waals surface area contributed by atoms with Crippen LogP contribution in [0.5, 0.6) is 11.5 Å². The second-order valence-electron chi connectivity index (χ2n) is 4.95. The molecule has 0 aromatic heterocycles. The highest BCUT2D eigenvalue weighted by Crippen LogP contribution is 2.52. The summed E-state index contributed by atoms with van der Waals surface area (Å²) in [6, 6.07) is 17.7. The molecular weight excluding hydrogens is 311 g/mol. The van der Waals surface area contributed by atoms with Gasteiger partial charge in [0.25, 0.3) is 0 Å². The van der Waals surface area contributed by atoms with E-state index < -0.39 is 7.82 Å². The molecule has 2 aromatic carbocycles. The zero-order valence-electron chi connectivity index (χ0n) is 12.5. The molecule has 1 aliphatic carbocycles. The summed E-state index contributed by atoms with van der Waals surface area (Å²) in [4.78, 5) is 0. The van der Waals surface area contributed by atoms with Gasteiger partial charge in [0.2, 0.25) is 0 Å². The summed E-state index contributed by atoms with van der Waals surface area (Å²) in [5.74, 6) is 1.44. The average molecular weight is 328 g/mol. The SMILES string of the molecule is O=P(OC1=CC=CCC1)(Oc1ccccc1)Oc1ccccc1. The van der Waals surface area contributed by atoms with E-state index in [1.807, 2.05) is 24.3 Å². The minimum absolute atomic E-state index is 0.429. The van der Waals surface area contributed by atoms with Gasteiger partial charge in [-0.3, -0.25) is 0 Å². The Bertz CT molecular complexity index is 693. The molecule has 0 bridgehead atoms. The van der Waals surface area contributed by atoms with Gasteiger partial charge < -0.3 is 13.6 Å². The first-order valence-corrected chi connectivity index (χ1v) is 8.84. The van der Waals surface area contributed by atoms with Gasteiger partial charge in [0.05, 0.1) is 0 Å². The lowest BCUT2D eigenvalue weighted by molar-refractivity contribution is 0.250. The maximum Gasteiger partial charge on any atom is 0.646 e. The largest absolute Gasteiger partial charge is 0.646 e. The van der Waals surface area contributed by atoms with Crippen LogP contribution in [0.1, 0.15) is 12.8 Å². The third-order valence-corrected chi connectivity index (χ3v) is 4.45. The molecule has 0 saturated carbocycles. The van der Waals surface area contributed by atoms with Crippen molar-refractivity contribution in [3.63, 3.8) is 0 Å². The molecule has 3 rings (SSSR count). The highest BCUT2D eigenvalue weighted by molar-refractivity contribution is 7.49. The summed E-state index contributed by atoms with van der Waals surface area (Å²) in [7, 11) is -3.83. The Morgan fingerprint density at radius 1 is 0.783 bits per heavy atom. The molecule has 1 aliphatic rings. The second kappa shape index (κ2) is 7.21.